The molecule has 1 heterocycles. The maximum Gasteiger partial charge on any atom is 0.404 e. The van der Waals surface area contributed by atoms with Crippen LogP contribution in [0.4, 0.5) is 4.79 Å². The van der Waals surface area contributed by atoms with Crippen molar-refractivity contribution in [2.45, 2.75) is 32.2 Å². The van der Waals surface area contributed by atoms with E-state index >= 15 is 0 Å². The van der Waals surface area contributed by atoms with Crippen molar-refractivity contribution in [3.63, 3.8) is 0 Å². The highest BCUT2D eigenvalue weighted by molar-refractivity contribution is 6.31. The van der Waals surface area contributed by atoms with E-state index in [0.717, 1.165) is 12.8 Å². The zero-order valence-corrected chi connectivity index (χ0v) is 14.8. The van der Waals surface area contributed by atoms with Crippen molar-refractivity contribution in [3.05, 3.63) is 39.3 Å². The first-order valence-electron chi connectivity index (χ1n) is 8.38. The summed E-state index contributed by atoms with van der Waals surface area (Å²) >= 11 is 6.12. The van der Waals surface area contributed by atoms with Gasteiger partial charge in [-0.1, -0.05) is 24.4 Å². The van der Waals surface area contributed by atoms with Gasteiger partial charge < -0.3 is 19.7 Å². The Hall–Kier alpha value is -2.21. The van der Waals surface area contributed by atoms with Crippen molar-refractivity contribution in [1.29, 1.82) is 0 Å². The van der Waals surface area contributed by atoms with Crippen LogP contribution in [0.3, 0.4) is 0 Å². The molecule has 0 atom stereocenters. The molecule has 2 aromatic rings. The fourth-order valence-corrected chi connectivity index (χ4v) is 3.57. The van der Waals surface area contributed by atoms with E-state index in [2.05, 4.69) is 5.32 Å². The molecular weight excluding hydrogens is 344 g/mol. The number of benzene rings is 1. The van der Waals surface area contributed by atoms with E-state index in [1.165, 1.54) is 17.4 Å². The van der Waals surface area contributed by atoms with Crippen molar-refractivity contribution in [1.82, 2.24) is 9.88 Å². The average Bonchev–Trinajstić information content (AvgIpc) is 3.09. The first-order valence-corrected chi connectivity index (χ1v) is 8.76. The molecule has 1 aliphatic carbocycles. The molecule has 1 aromatic heterocycles. The predicted molar refractivity (Wildman–Crippen MR) is 96.5 cm³/mol. The molecule has 1 fully saturated rings. The van der Waals surface area contributed by atoms with Crippen molar-refractivity contribution in [3.8, 4) is 5.75 Å². The number of hydrogen-bond acceptors (Lipinski definition) is 3. The van der Waals surface area contributed by atoms with Crippen LogP contribution in [-0.2, 0) is 13.6 Å². The monoisotopic (exact) mass is 364 g/mol. The van der Waals surface area contributed by atoms with E-state index in [9.17, 15) is 9.59 Å². The van der Waals surface area contributed by atoms with Gasteiger partial charge in [0.15, 0.2) is 0 Å². The van der Waals surface area contributed by atoms with Gasteiger partial charge in [0, 0.05) is 17.5 Å². The number of carboxylic acid groups (broad SMARTS) is 1. The summed E-state index contributed by atoms with van der Waals surface area (Å²) in [6, 6.07) is 5.05. The predicted octanol–water partition coefficient (Wildman–Crippen LogP) is 3.53. The average molecular weight is 365 g/mol. The second-order valence-electron chi connectivity index (χ2n) is 6.45. The van der Waals surface area contributed by atoms with E-state index in [4.69, 9.17) is 21.4 Å². The Bertz CT molecular complexity index is 856. The van der Waals surface area contributed by atoms with Gasteiger partial charge in [0.2, 0.25) is 0 Å². The summed E-state index contributed by atoms with van der Waals surface area (Å²) in [5, 5.41) is 12.9. The van der Waals surface area contributed by atoms with Crippen LogP contribution in [0, 0.1) is 5.92 Å². The number of aromatic nitrogens is 1. The largest absolute Gasteiger partial charge is 0.491 e. The summed E-state index contributed by atoms with van der Waals surface area (Å²) in [7, 11) is 1.62. The third-order valence-electron chi connectivity index (χ3n) is 4.77. The standard InChI is InChI=1S/C18H21ClN2O4/c1-21-15(9-20-18(23)24)16(25-10-11-4-2-3-5-11)14-8-12(19)6-7-13(14)17(21)22/h6-8,11,20H,2-5,9-10H2,1H3,(H,23,24). The Morgan fingerprint density at radius 2 is 2.08 bits per heavy atom. The number of fused-ring (bicyclic) bond motifs is 1. The molecule has 0 radical (unpaired) electrons. The summed E-state index contributed by atoms with van der Waals surface area (Å²) in [5.41, 5.74) is 0.294. The Kier molecular flexibility index (Phi) is 5.18. The lowest BCUT2D eigenvalue weighted by molar-refractivity contribution is 0.193. The molecule has 134 valence electrons. The van der Waals surface area contributed by atoms with Gasteiger partial charge in [-0.25, -0.2) is 4.79 Å². The molecule has 1 aliphatic rings. The number of pyridine rings is 1. The van der Waals surface area contributed by atoms with Crippen molar-refractivity contribution in [2.24, 2.45) is 13.0 Å². The number of carbonyl (C=O) groups is 1. The topological polar surface area (TPSA) is 80.6 Å². The SMILES string of the molecule is Cn1c(CNC(=O)O)c(OCC2CCCC2)c2cc(Cl)ccc2c1=O. The van der Waals surface area contributed by atoms with Crippen LogP contribution in [0.2, 0.25) is 5.02 Å². The van der Waals surface area contributed by atoms with Gasteiger partial charge in [-0.3, -0.25) is 4.79 Å². The van der Waals surface area contributed by atoms with Crippen LogP contribution < -0.4 is 15.6 Å². The summed E-state index contributed by atoms with van der Waals surface area (Å²) in [5.74, 6) is 1.02. The van der Waals surface area contributed by atoms with E-state index in [1.807, 2.05) is 0 Å². The van der Waals surface area contributed by atoms with Gasteiger partial charge in [-0.15, -0.1) is 0 Å². The molecule has 1 aromatic carbocycles. The molecule has 7 heteroatoms. The summed E-state index contributed by atoms with van der Waals surface area (Å²) < 4.78 is 7.55. The van der Waals surface area contributed by atoms with Gasteiger partial charge in [0.05, 0.1) is 24.2 Å². The smallest absolute Gasteiger partial charge is 0.404 e. The van der Waals surface area contributed by atoms with Crippen molar-refractivity contribution >= 4 is 28.5 Å². The number of halogens is 1. The molecule has 0 unspecified atom stereocenters. The van der Waals surface area contributed by atoms with Gasteiger partial charge in [0.1, 0.15) is 5.75 Å². The molecule has 0 saturated heterocycles. The molecule has 25 heavy (non-hydrogen) atoms. The number of nitrogens with one attached hydrogen (secondary N) is 1. The zero-order chi connectivity index (χ0) is 18.0. The number of hydrogen-bond donors (Lipinski definition) is 2. The first-order chi connectivity index (χ1) is 12.0. The van der Waals surface area contributed by atoms with E-state index in [1.54, 1.807) is 25.2 Å². The second-order valence-corrected chi connectivity index (χ2v) is 6.89. The molecule has 0 bridgehead atoms. The molecular formula is C18H21ClN2O4. The lowest BCUT2D eigenvalue weighted by atomic mass is 10.1. The molecule has 3 rings (SSSR count). The lowest BCUT2D eigenvalue weighted by Gasteiger charge is -2.19. The summed E-state index contributed by atoms with van der Waals surface area (Å²) in [6.45, 7) is 0.545. The van der Waals surface area contributed by atoms with Gasteiger partial charge in [-0.05, 0) is 37.0 Å². The second kappa shape index (κ2) is 7.35. The van der Waals surface area contributed by atoms with Gasteiger partial charge >= 0.3 is 6.09 Å². The maximum absolute atomic E-state index is 12.6. The number of nitrogens with zero attached hydrogens (tertiary/aromatic N) is 1. The van der Waals surface area contributed by atoms with Crippen molar-refractivity contribution in [2.75, 3.05) is 6.61 Å². The van der Waals surface area contributed by atoms with Gasteiger partial charge in [-0.2, -0.15) is 0 Å². The van der Waals surface area contributed by atoms with Crippen LogP contribution in [-0.4, -0.2) is 22.4 Å². The third-order valence-corrected chi connectivity index (χ3v) is 5.01. The zero-order valence-electron chi connectivity index (χ0n) is 14.0. The molecule has 1 amide bonds. The molecule has 0 spiro atoms. The fraction of sp³-hybridized carbons (Fsp3) is 0.444. The van der Waals surface area contributed by atoms with Crippen LogP contribution >= 0.6 is 11.6 Å². The Morgan fingerprint density at radius 1 is 1.36 bits per heavy atom. The molecule has 0 aliphatic heterocycles. The first kappa shape index (κ1) is 17.6. The minimum atomic E-state index is -1.15. The Morgan fingerprint density at radius 3 is 2.76 bits per heavy atom. The van der Waals surface area contributed by atoms with E-state index in [-0.39, 0.29) is 12.1 Å². The van der Waals surface area contributed by atoms with Crippen LogP contribution in [0.5, 0.6) is 5.75 Å². The minimum absolute atomic E-state index is 0.0104. The van der Waals surface area contributed by atoms with Crippen molar-refractivity contribution < 1.29 is 14.6 Å². The highest BCUT2D eigenvalue weighted by Crippen LogP contribution is 2.32. The fourth-order valence-electron chi connectivity index (χ4n) is 3.40. The highest BCUT2D eigenvalue weighted by atomic mass is 35.5. The Balaban J connectivity index is 2.08. The molecule has 2 N–H and O–H groups in total. The number of ether oxygens (including phenoxy) is 1. The number of rotatable bonds is 5. The third kappa shape index (κ3) is 3.74. The van der Waals surface area contributed by atoms with Crippen LogP contribution in [0.1, 0.15) is 31.4 Å². The highest BCUT2D eigenvalue weighted by Gasteiger charge is 2.20. The number of amides is 1. The molecule has 6 nitrogen and oxygen atoms in total. The lowest BCUT2D eigenvalue weighted by Crippen LogP contribution is -2.28. The normalized spacial score (nSPS) is 14.8. The Labute approximate surface area is 150 Å². The minimum Gasteiger partial charge on any atom is -0.491 e. The van der Waals surface area contributed by atoms with E-state index < -0.39 is 6.09 Å². The van der Waals surface area contributed by atoms with E-state index in [0.29, 0.717) is 39.8 Å². The maximum atomic E-state index is 12.6. The molecule has 1 saturated carbocycles. The van der Waals surface area contributed by atoms with Crippen LogP contribution in [0.25, 0.3) is 10.8 Å². The van der Waals surface area contributed by atoms with Crippen LogP contribution in [0.15, 0.2) is 23.0 Å². The summed E-state index contributed by atoms with van der Waals surface area (Å²) in [6.07, 6.45) is 3.53. The van der Waals surface area contributed by atoms with Gasteiger partial charge in [0.25, 0.3) is 5.56 Å². The summed E-state index contributed by atoms with van der Waals surface area (Å²) in [4.78, 5) is 23.5. The quantitative estimate of drug-likeness (QED) is 0.850.